The van der Waals surface area contributed by atoms with E-state index >= 15 is 0 Å². The van der Waals surface area contributed by atoms with Gasteiger partial charge in [0.2, 0.25) is 5.91 Å². The van der Waals surface area contributed by atoms with Gasteiger partial charge < -0.3 is 10.6 Å². The van der Waals surface area contributed by atoms with Crippen molar-refractivity contribution in [2.24, 2.45) is 0 Å². The highest BCUT2D eigenvalue weighted by Crippen LogP contribution is 2.49. The van der Waals surface area contributed by atoms with Gasteiger partial charge in [0.25, 0.3) is 0 Å². The van der Waals surface area contributed by atoms with Gasteiger partial charge in [0.05, 0.1) is 5.41 Å². The Labute approximate surface area is 124 Å². The summed E-state index contributed by atoms with van der Waals surface area (Å²) in [7, 11) is 0. The van der Waals surface area contributed by atoms with Crippen LogP contribution in [-0.4, -0.2) is 50.1 Å². The lowest BCUT2D eigenvalue weighted by Crippen LogP contribution is -2.47. The van der Waals surface area contributed by atoms with Gasteiger partial charge in [0, 0.05) is 44.8 Å². The molecular formula is C16H22FN3O. The molecule has 0 unspecified atom stereocenters. The van der Waals surface area contributed by atoms with E-state index in [1.807, 2.05) is 0 Å². The number of hydrogen-bond donors (Lipinski definition) is 2. The second-order valence-corrected chi connectivity index (χ2v) is 5.91. The number of hydrogen-bond acceptors (Lipinski definition) is 3. The first-order chi connectivity index (χ1) is 10.2. The minimum atomic E-state index is -0.616. The number of piperazine rings is 1. The zero-order chi connectivity index (χ0) is 14.7. The fourth-order valence-electron chi connectivity index (χ4n) is 3.02. The van der Waals surface area contributed by atoms with Crippen LogP contribution in [-0.2, 0) is 10.2 Å². The summed E-state index contributed by atoms with van der Waals surface area (Å²) in [4.78, 5) is 14.7. The lowest BCUT2D eigenvalue weighted by molar-refractivity contribution is -0.123. The standard InChI is InChI=1S/C16H22FN3O/c17-14-4-2-1-3-13(14)16(5-6-16)15(21)19-9-12-20-10-7-18-8-11-20/h1-4,18H,5-12H2,(H,19,21). The highest BCUT2D eigenvalue weighted by atomic mass is 19.1. The maximum atomic E-state index is 13.9. The minimum absolute atomic E-state index is 0.0252. The number of benzene rings is 1. The van der Waals surface area contributed by atoms with Gasteiger partial charge in [-0.15, -0.1) is 0 Å². The molecule has 0 atom stereocenters. The summed E-state index contributed by atoms with van der Waals surface area (Å²) in [6.07, 6.45) is 1.49. The molecule has 3 rings (SSSR count). The Balaban J connectivity index is 1.54. The SMILES string of the molecule is O=C(NCCN1CCNCC1)C1(c2ccccc2F)CC1. The summed E-state index contributed by atoms with van der Waals surface area (Å²) >= 11 is 0. The van der Waals surface area contributed by atoms with Gasteiger partial charge in [-0.3, -0.25) is 9.69 Å². The van der Waals surface area contributed by atoms with E-state index in [9.17, 15) is 9.18 Å². The molecule has 1 aliphatic heterocycles. The van der Waals surface area contributed by atoms with Crippen LogP contribution in [0.4, 0.5) is 4.39 Å². The van der Waals surface area contributed by atoms with Gasteiger partial charge in [-0.25, -0.2) is 4.39 Å². The number of nitrogens with zero attached hydrogens (tertiary/aromatic N) is 1. The first-order valence-electron chi connectivity index (χ1n) is 7.69. The Morgan fingerprint density at radius 1 is 1.29 bits per heavy atom. The molecule has 1 aliphatic carbocycles. The van der Waals surface area contributed by atoms with Crippen molar-refractivity contribution in [2.75, 3.05) is 39.3 Å². The molecule has 1 saturated carbocycles. The summed E-state index contributed by atoms with van der Waals surface area (Å²) in [5, 5.41) is 6.30. The molecule has 0 radical (unpaired) electrons. The van der Waals surface area contributed by atoms with E-state index in [1.165, 1.54) is 6.07 Å². The van der Waals surface area contributed by atoms with E-state index in [-0.39, 0.29) is 11.7 Å². The fraction of sp³-hybridized carbons (Fsp3) is 0.562. The van der Waals surface area contributed by atoms with Gasteiger partial charge in [-0.1, -0.05) is 18.2 Å². The van der Waals surface area contributed by atoms with Crippen molar-refractivity contribution in [3.63, 3.8) is 0 Å². The molecule has 1 aromatic rings. The third-order valence-corrected chi connectivity index (χ3v) is 4.50. The number of rotatable bonds is 5. The second kappa shape index (κ2) is 6.12. The molecule has 0 spiro atoms. The van der Waals surface area contributed by atoms with Crippen LogP contribution in [0.3, 0.4) is 0 Å². The molecule has 1 aromatic carbocycles. The lowest BCUT2D eigenvalue weighted by atomic mass is 9.94. The van der Waals surface area contributed by atoms with Gasteiger partial charge in [0.15, 0.2) is 0 Å². The second-order valence-electron chi connectivity index (χ2n) is 5.91. The van der Waals surface area contributed by atoms with Crippen LogP contribution in [0.5, 0.6) is 0 Å². The van der Waals surface area contributed by atoms with Crippen LogP contribution in [0.2, 0.25) is 0 Å². The normalized spacial score (nSPS) is 21.0. The molecule has 2 fully saturated rings. The van der Waals surface area contributed by atoms with Crippen molar-refractivity contribution < 1.29 is 9.18 Å². The summed E-state index contributed by atoms with van der Waals surface area (Å²) < 4.78 is 13.9. The Morgan fingerprint density at radius 3 is 2.67 bits per heavy atom. The quantitative estimate of drug-likeness (QED) is 0.846. The summed E-state index contributed by atoms with van der Waals surface area (Å²) in [6, 6.07) is 6.63. The highest BCUT2D eigenvalue weighted by molar-refractivity contribution is 5.91. The molecule has 0 bridgehead atoms. The molecule has 2 N–H and O–H groups in total. The van der Waals surface area contributed by atoms with Crippen molar-refractivity contribution in [1.29, 1.82) is 0 Å². The molecule has 5 heteroatoms. The zero-order valence-electron chi connectivity index (χ0n) is 12.2. The number of nitrogens with one attached hydrogen (secondary N) is 2. The first kappa shape index (κ1) is 14.5. The summed E-state index contributed by atoms with van der Waals surface area (Å²) in [5.74, 6) is -0.296. The number of carbonyl (C=O) groups is 1. The van der Waals surface area contributed by atoms with Crippen LogP contribution < -0.4 is 10.6 Å². The molecule has 1 amide bonds. The van der Waals surface area contributed by atoms with E-state index in [1.54, 1.807) is 18.2 Å². The third-order valence-electron chi connectivity index (χ3n) is 4.50. The van der Waals surface area contributed by atoms with Crippen molar-refractivity contribution >= 4 is 5.91 Å². The van der Waals surface area contributed by atoms with Crippen LogP contribution in [0.1, 0.15) is 18.4 Å². The van der Waals surface area contributed by atoms with Gasteiger partial charge in [-0.05, 0) is 18.9 Å². The predicted octanol–water partition coefficient (Wildman–Crippen LogP) is 0.879. The van der Waals surface area contributed by atoms with Crippen molar-refractivity contribution in [1.82, 2.24) is 15.5 Å². The van der Waals surface area contributed by atoms with Gasteiger partial charge >= 0.3 is 0 Å². The van der Waals surface area contributed by atoms with E-state index in [4.69, 9.17) is 0 Å². The Morgan fingerprint density at radius 2 is 2.00 bits per heavy atom. The fourth-order valence-corrected chi connectivity index (χ4v) is 3.02. The molecule has 4 nitrogen and oxygen atoms in total. The number of amides is 1. The maximum absolute atomic E-state index is 13.9. The van der Waals surface area contributed by atoms with Crippen LogP contribution in [0, 0.1) is 5.82 Å². The topological polar surface area (TPSA) is 44.4 Å². The molecular weight excluding hydrogens is 269 g/mol. The van der Waals surface area contributed by atoms with Crippen LogP contribution >= 0.6 is 0 Å². The molecule has 1 saturated heterocycles. The largest absolute Gasteiger partial charge is 0.354 e. The lowest BCUT2D eigenvalue weighted by Gasteiger charge is -2.27. The van der Waals surface area contributed by atoms with Gasteiger partial charge in [0.1, 0.15) is 5.82 Å². The van der Waals surface area contributed by atoms with Gasteiger partial charge in [-0.2, -0.15) is 0 Å². The van der Waals surface area contributed by atoms with E-state index in [0.717, 1.165) is 45.6 Å². The van der Waals surface area contributed by atoms with Crippen molar-refractivity contribution in [2.45, 2.75) is 18.3 Å². The maximum Gasteiger partial charge on any atom is 0.230 e. The molecule has 2 aliphatic rings. The average Bonchev–Trinajstić information content (AvgIpc) is 3.30. The molecule has 0 aromatic heterocycles. The van der Waals surface area contributed by atoms with Crippen molar-refractivity contribution in [3.8, 4) is 0 Å². The van der Waals surface area contributed by atoms with E-state index in [0.29, 0.717) is 12.1 Å². The zero-order valence-corrected chi connectivity index (χ0v) is 12.2. The molecule has 1 heterocycles. The third kappa shape index (κ3) is 3.09. The van der Waals surface area contributed by atoms with Crippen molar-refractivity contribution in [3.05, 3.63) is 35.6 Å². The molecule has 114 valence electrons. The highest BCUT2D eigenvalue weighted by Gasteiger charge is 2.52. The van der Waals surface area contributed by atoms with E-state index in [2.05, 4.69) is 15.5 Å². The number of halogens is 1. The smallest absolute Gasteiger partial charge is 0.230 e. The van der Waals surface area contributed by atoms with Crippen LogP contribution in [0.25, 0.3) is 0 Å². The Kier molecular flexibility index (Phi) is 4.22. The van der Waals surface area contributed by atoms with E-state index < -0.39 is 5.41 Å². The molecule has 21 heavy (non-hydrogen) atoms. The average molecular weight is 291 g/mol. The minimum Gasteiger partial charge on any atom is -0.354 e. The Hall–Kier alpha value is -1.46. The van der Waals surface area contributed by atoms with Crippen LogP contribution in [0.15, 0.2) is 24.3 Å². The monoisotopic (exact) mass is 291 g/mol. The summed E-state index contributed by atoms with van der Waals surface area (Å²) in [5.41, 5.74) is -0.0703. The first-order valence-corrected chi connectivity index (χ1v) is 7.69. The number of carbonyl (C=O) groups excluding carboxylic acids is 1. The summed E-state index contributed by atoms with van der Waals surface area (Å²) in [6.45, 7) is 5.55. The Bertz CT molecular complexity index is 510. The predicted molar refractivity (Wildman–Crippen MR) is 79.6 cm³/mol.